The zero-order valence-corrected chi connectivity index (χ0v) is 15.0. The number of nitrogens with zero attached hydrogens (tertiary/aromatic N) is 5. The first-order valence-electron chi connectivity index (χ1n) is 8.80. The molecule has 0 aliphatic heterocycles. The molecule has 132 valence electrons. The summed E-state index contributed by atoms with van der Waals surface area (Å²) in [6.07, 6.45) is 5.69. The molecule has 1 fully saturated rings. The summed E-state index contributed by atoms with van der Waals surface area (Å²) in [6.45, 7) is 2.49. The van der Waals surface area contributed by atoms with Gasteiger partial charge >= 0.3 is 0 Å². The quantitative estimate of drug-likeness (QED) is 0.712. The Hall–Kier alpha value is -3.02. The fourth-order valence-corrected chi connectivity index (χ4v) is 3.13. The second kappa shape index (κ2) is 6.71. The van der Waals surface area contributed by atoms with Crippen LogP contribution in [0, 0.1) is 6.92 Å². The van der Waals surface area contributed by atoms with Crippen molar-refractivity contribution in [1.29, 1.82) is 0 Å². The van der Waals surface area contributed by atoms with Crippen LogP contribution >= 0.6 is 0 Å². The molecule has 6 heteroatoms. The zero-order chi connectivity index (χ0) is 18.1. The molecular weight excluding hydrogens is 326 g/mol. The third-order valence-corrected chi connectivity index (χ3v) is 4.61. The highest BCUT2D eigenvalue weighted by atomic mass is 16.2. The van der Waals surface area contributed by atoms with Gasteiger partial charge in [-0.15, -0.1) is 0 Å². The maximum Gasteiger partial charge on any atom is 0.254 e. The predicted molar refractivity (Wildman–Crippen MR) is 98.3 cm³/mol. The van der Waals surface area contributed by atoms with Gasteiger partial charge in [-0.3, -0.25) is 9.78 Å². The molecule has 4 rings (SSSR count). The van der Waals surface area contributed by atoms with Crippen LogP contribution in [0.3, 0.4) is 0 Å². The standard InChI is InChI=1S/C20H21N5O/c1-14-22-19(24(2)23-14)16-3-5-17(6-4-16)20(26)25(18-7-8-18)13-15-9-11-21-12-10-15/h3-6,9-12,18H,7-8,13H2,1-2H3. The number of aryl methyl sites for hydroxylation is 2. The SMILES string of the molecule is Cc1nc(-c2ccc(C(=O)N(Cc3ccncc3)C3CC3)cc2)n(C)n1. The minimum absolute atomic E-state index is 0.0741. The first-order chi connectivity index (χ1) is 12.6. The highest BCUT2D eigenvalue weighted by Crippen LogP contribution is 2.30. The van der Waals surface area contributed by atoms with Gasteiger partial charge in [0.25, 0.3) is 5.91 Å². The molecule has 26 heavy (non-hydrogen) atoms. The third-order valence-electron chi connectivity index (χ3n) is 4.61. The summed E-state index contributed by atoms with van der Waals surface area (Å²) in [5.74, 6) is 1.61. The fraction of sp³-hybridized carbons (Fsp3) is 0.300. The van der Waals surface area contributed by atoms with Crippen molar-refractivity contribution >= 4 is 5.91 Å². The molecule has 6 nitrogen and oxygen atoms in total. The molecule has 2 aromatic heterocycles. The van der Waals surface area contributed by atoms with E-state index in [1.807, 2.05) is 55.3 Å². The Labute approximate surface area is 152 Å². The van der Waals surface area contributed by atoms with Crippen molar-refractivity contribution in [2.45, 2.75) is 32.4 Å². The molecular formula is C20H21N5O. The zero-order valence-electron chi connectivity index (χ0n) is 15.0. The maximum atomic E-state index is 13.0. The third kappa shape index (κ3) is 3.35. The lowest BCUT2D eigenvalue weighted by Gasteiger charge is -2.22. The number of benzene rings is 1. The maximum absolute atomic E-state index is 13.0. The predicted octanol–water partition coefficient (Wildman–Crippen LogP) is 2.99. The number of carbonyl (C=O) groups excluding carboxylic acids is 1. The van der Waals surface area contributed by atoms with Crippen molar-refractivity contribution in [1.82, 2.24) is 24.6 Å². The van der Waals surface area contributed by atoms with Crippen molar-refractivity contribution < 1.29 is 4.79 Å². The molecule has 0 atom stereocenters. The topological polar surface area (TPSA) is 63.9 Å². The van der Waals surface area contributed by atoms with E-state index in [2.05, 4.69) is 15.1 Å². The molecule has 0 N–H and O–H groups in total. The van der Waals surface area contributed by atoms with Crippen molar-refractivity contribution in [3.05, 3.63) is 65.7 Å². The summed E-state index contributed by atoms with van der Waals surface area (Å²) < 4.78 is 1.76. The molecule has 0 unspecified atom stereocenters. The van der Waals surface area contributed by atoms with Crippen LogP contribution < -0.4 is 0 Å². The van der Waals surface area contributed by atoms with Gasteiger partial charge in [-0.1, -0.05) is 12.1 Å². The summed E-state index contributed by atoms with van der Waals surface area (Å²) in [7, 11) is 1.87. The lowest BCUT2D eigenvalue weighted by atomic mass is 10.1. The molecule has 0 saturated heterocycles. The highest BCUT2D eigenvalue weighted by molar-refractivity contribution is 5.95. The average Bonchev–Trinajstić information content (AvgIpc) is 3.44. The van der Waals surface area contributed by atoms with Crippen LogP contribution in [-0.2, 0) is 13.6 Å². The van der Waals surface area contributed by atoms with E-state index in [1.54, 1.807) is 17.1 Å². The summed E-state index contributed by atoms with van der Waals surface area (Å²) in [6, 6.07) is 11.9. The second-order valence-electron chi connectivity index (χ2n) is 6.70. The normalized spacial score (nSPS) is 13.6. The number of hydrogen-bond acceptors (Lipinski definition) is 4. The second-order valence-corrected chi connectivity index (χ2v) is 6.70. The van der Waals surface area contributed by atoms with Crippen LogP contribution in [0.1, 0.15) is 34.6 Å². The Morgan fingerprint density at radius 3 is 2.42 bits per heavy atom. The van der Waals surface area contributed by atoms with Gasteiger partial charge in [-0.05, 0) is 49.6 Å². The largest absolute Gasteiger partial charge is 0.331 e. The Morgan fingerprint density at radius 1 is 1.15 bits per heavy atom. The van der Waals surface area contributed by atoms with Gasteiger partial charge in [0.2, 0.25) is 0 Å². The molecule has 0 radical (unpaired) electrons. The molecule has 2 heterocycles. The van der Waals surface area contributed by atoms with E-state index in [0.717, 1.165) is 35.6 Å². The Balaban J connectivity index is 1.55. The molecule has 3 aromatic rings. The van der Waals surface area contributed by atoms with Crippen LogP contribution in [0.15, 0.2) is 48.8 Å². The number of pyridine rings is 1. The number of hydrogen-bond donors (Lipinski definition) is 0. The van der Waals surface area contributed by atoms with Crippen LogP contribution in [0.25, 0.3) is 11.4 Å². The highest BCUT2D eigenvalue weighted by Gasteiger charge is 2.33. The summed E-state index contributed by atoms with van der Waals surface area (Å²) in [4.78, 5) is 23.5. The van der Waals surface area contributed by atoms with Gasteiger partial charge in [0.05, 0.1) is 0 Å². The van der Waals surface area contributed by atoms with E-state index in [9.17, 15) is 4.79 Å². The number of carbonyl (C=O) groups is 1. The van der Waals surface area contributed by atoms with Crippen molar-refractivity contribution in [3.63, 3.8) is 0 Å². The van der Waals surface area contributed by atoms with Gasteiger partial charge in [0.1, 0.15) is 5.82 Å². The van der Waals surface area contributed by atoms with Gasteiger partial charge in [0.15, 0.2) is 5.82 Å². The number of amides is 1. The van der Waals surface area contributed by atoms with Crippen LogP contribution in [0.5, 0.6) is 0 Å². The first-order valence-corrected chi connectivity index (χ1v) is 8.80. The van der Waals surface area contributed by atoms with Gasteiger partial charge in [-0.25, -0.2) is 9.67 Å². The first kappa shape index (κ1) is 16.4. The van der Waals surface area contributed by atoms with Gasteiger partial charge < -0.3 is 4.90 Å². The molecule has 1 aromatic carbocycles. The minimum Gasteiger partial charge on any atom is -0.331 e. The monoisotopic (exact) mass is 347 g/mol. The van der Waals surface area contributed by atoms with Crippen molar-refractivity contribution in [3.8, 4) is 11.4 Å². The van der Waals surface area contributed by atoms with Gasteiger partial charge in [-0.2, -0.15) is 5.10 Å². The lowest BCUT2D eigenvalue weighted by molar-refractivity contribution is 0.0730. The fourth-order valence-electron chi connectivity index (χ4n) is 3.13. The Morgan fingerprint density at radius 2 is 1.85 bits per heavy atom. The van der Waals surface area contributed by atoms with E-state index in [-0.39, 0.29) is 5.91 Å². The minimum atomic E-state index is 0.0741. The Kier molecular flexibility index (Phi) is 4.24. The number of rotatable bonds is 5. The van der Waals surface area contributed by atoms with E-state index in [1.165, 1.54) is 0 Å². The molecule has 0 bridgehead atoms. The van der Waals surface area contributed by atoms with Crippen molar-refractivity contribution in [2.24, 2.45) is 7.05 Å². The summed E-state index contributed by atoms with van der Waals surface area (Å²) >= 11 is 0. The summed E-state index contributed by atoms with van der Waals surface area (Å²) in [5, 5.41) is 4.28. The van der Waals surface area contributed by atoms with Crippen LogP contribution in [0.2, 0.25) is 0 Å². The van der Waals surface area contributed by atoms with Crippen LogP contribution in [-0.4, -0.2) is 36.6 Å². The molecule has 1 aliphatic rings. The summed E-state index contributed by atoms with van der Waals surface area (Å²) in [5.41, 5.74) is 2.76. The molecule has 0 spiro atoms. The molecule has 1 amide bonds. The van der Waals surface area contributed by atoms with E-state index in [4.69, 9.17) is 0 Å². The van der Waals surface area contributed by atoms with E-state index in [0.29, 0.717) is 18.2 Å². The molecule has 1 aliphatic carbocycles. The molecule has 1 saturated carbocycles. The van der Waals surface area contributed by atoms with E-state index >= 15 is 0 Å². The Bertz CT molecular complexity index is 913. The lowest BCUT2D eigenvalue weighted by Crippen LogP contribution is -2.32. The smallest absolute Gasteiger partial charge is 0.254 e. The van der Waals surface area contributed by atoms with Gasteiger partial charge in [0, 0.05) is 43.2 Å². The number of aromatic nitrogens is 4. The van der Waals surface area contributed by atoms with Crippen LogP contribution in [0.4, 0.5) is 0 Å². The van der Waals surface area contributed by atoms with E-state index < -0.39 is 0 Å². The average molecular weight is 347 g/mol. The van der Waals surface area contributed by atoms with Crippen molar-refractivity contribution in [2.75, 3.05) is 0 Å².